The van der Waals surface area contributed by atoms with E-state index in [1.54, 1.807) is 39.6 Å². The van der Waals surface area contributed by atoms with E-state index in [1.807, 2.05) is 0 Å². The fourth-order valence-corrected chi connectivity index (χ4v) is 4.68. The average Bonchev–Trinajstić information content (AvgIpc) is 2.48. The van der Waals surface area contributed by atoms with Gasteiger partial charge in [0.25, 0.3) is 10.1 Å². The first-order valence-electron chi connectivity index (χ1n) is 9.31. The molecule has 0 aliphatic carbocycles. The largest absolute Gasteiger partial charge is 0.381 e. The van der Waals surface area contributed by atoms with E-state index in [0.717, 1.165) is 37.9 Å². The third-order valence-electron chi connectivity index (χ3n) is 3.91. The van der Waals surface area contributed by atoms with Gasteiger partial charge in [-0.2, -0.15) is 20.2 Å². The number of rotatable bonds is 16. The van der Waals surface area contributed by atoms with Crippen LogP contribution in [-0.2, 0) is 24.4 Å². The monoisotopic (exact) mass is 425 g/mol. The minimum absolute atomic E-state index is 0.0282. The number of carbonyl (C=O) groups excluding carboxylic acids is 2. The highest BCUT2D eigenvalue weighted by Gasteiger charge is 2.26. The summed E-state index contributed by atoms with van der Waals surface area (Å²) in [5.74, 6) is 1.09. The quantitative estimate of drug-likeness (QED) is 0.289. The number of methoxy groups -OCH3 is 1. The Morgan fingerprint density at radius 3 is 2.33 bits per heavy atom. The van der Waals surface area contributed by atoms with E-state index in [9.17, 15) is 18.0 Å². The molecule has 2 N–H and O–H groups in total. The summed E-state index contributed by atoms with van der Waals surface area (Å²) < 4.78 is 36.0. The van der Waals surface area contributed by atoms with Crippen LogP contribution in [0.25, 0.3) is 0 Å². The van der Waals surface area contributed by atoms with Gasteiger partial charge in [0.15, 0.2) is 0 Å². The van der Waals surface area contributed by atoms with Crippen molar-refractivity contribution in [2.45, 2.75) is 77.4 Å². The Kier molecular flexibility index (Phi) is 13.2. The van der Waals surface area contributed by atoms with Gasteiger partial charge in [0.05, 0.1) is 17.4 Å². The zero-order valence-corrected chi connectivity index (χ0v) is 18.6. The molecule has 0 radical (unpaired) electrons. The second-order valence-electron chi connectivity index (χ2n) is 7.49. The maximum Gasteiger partial charge on any atom is 0.267 e. The molecule has 0 aromatic rings. The number of unbranched alkanes of at least 4 members (excludes halogenated alkanes) is 3. The molecule has 0 saturated heterocycles. The number of nitrogens with one attached hydrogen (secondary N) is 1. The SMILES string of the molecule is COC(CCCCCCSCCC(=O)NC(C)(C)CS(=O)(=O)O)CC(C)=O. The zero-order chi connectivity index (χ0) is 20.9. The molecule has 9 heteroatoms. The highest BCUT2D eigenvalue weighted by molar-refractivity contribution is 7.99. The first kappa shape index (κ1) is 26.4. The van der Waals surface area contributed by atoms with Crippen molar-refractivity contribution in [1.29, 1.82) is 0 Å². The summed E-state index contributed by atoms with van der Waals surface area (Å²) in [6.45, 7) is 4.71. The van der Waals surface area contributed by atoms with Crippen molar-refractivity contribution in [2.24, 2.45) is 0 Å². The fraction of sp³-hybridized carbons (Fsp3) is 0.889. The first-order chi connectivity index (χ1) is 12.4. The van der Waals surface area contributed by atoms with E-state index in [2.05, 4.69) is 5.32 Å². The Hall–Kier alpha value is -0.640. The predicted octanol–water partition coefficient (Wildman–Crippen LogP) is 2.84. The second kappa shape index (κ2) is 13.5. The fourth-order valence-electron chi connectivity index (χ4n) is 2.75. The van der Waals surface area contributed by atoms with Crippen molar-refractivity contribution >= 4 is 33.6 Å². The molecule has 7 nitrogen and oxygen atoms in total. The van der Waals surface area contributed by atoms with E-state index in [0.29, 0.717) is 18.6 Å². The molecular weight excluding hydrogens is 390 g/mol. The van der Waals surface area contributed by atoms with Gasteiger partial charge < -0.3 is 10.1 Å². The molecule has 0 heterocycles. The second-order valence-corrected chi connectivity index (χ2v) is 10.2. The minimum atomic E-state index is -4.13. The van der Waals surface area contributed by atoms with Gasteiger partial charge in [-0.05, 0) is 39.4 Å². The summed E-state index contributed by atoms with van der Waals surface area (Å²) in [5, 5.41) is 2.63. The van der Waals surface area contributed by atoms with Crippen LogP contribution in [0.1, 0.15) is 65.7 Å². The van der Waals surface area contributed by atoms with Gasteiger partial charge in [-0.3, -0.25) is 14.1 Å². The van der Waals surface area contributed by atoms with Crippen LogP contribution < -0.4 is 5.32 Å². The lowest BCUT2D eigenvalue weighted by atomic mass is 10.1. The molecule has 0 rings (SSSR count). The van der Waals surface area contributed by atoms with Crippen molar-refractivity contribution in [3.63, 3.8) is 0 Å². The number of ketones is 1. The van der Waals surface area contributed by atoms with Crippen LogP contribution in [0.4, 0.5) is 0 Å². The van der Waals surface area contributed by atoms with E-state index in [-0.39, 0.29) is 17.8 Å². The molecule has 160 valence electrons. The molecule has 1 atom stereocenters. The Balaban J connectivity index is 3.69. The Morgan fingerprint density at radius 1 is 1.15 bits per heavy atom. The van der Waals surface area contributed by atoms with Gasteiger partial charge in [-0.25, -0.2) is 0 Å². The van der Waals surface area contributed by atoms with Crippen molar-refractivity contribution in [3.8, 4) is 0 Å². The molecule has 0 bridgehead atoms. The molecule has 0 saturated carbocycles. The molecular formula is C18H35NO6S2. The number of hydrogen-bond donors (Lipinski definition) is 2. The third-order valence-corrected chi connectivity index (χ3v) is 6.06. The van der Waals surface area contributed by atoms with Gasteiger partial charge in [-0.15, -0.1) is 0 Å². The van der Waals surface area contributed by atoms with Gasteiger partial charge in [0, 0.05) is 25.7 Å². The van der Waals surface area contributed by atoms with Crippen molar-refractivity contribution < 1.29 is 27.3 Å². The number of hydrogen-bond acceptors (Lipinski definition) is 6. The Bertz CT molecular complexity index is 548. The van der Waals surface area contributed by atoms with Gasteiger partial charge >= 0.3 is 0 Å². The van der Waals surface area contributed by atoms with Crippen LogP contribution in [0.5, 0.6) is 0 Å². The van der Waals surface area contributed by atoms with Crippen LogP contribution in [0, 0.1) is 0 Å². The molecule has 0 aliphatic rings. The highest BCUT2D eigenvalue weighted by atomic mass is 32.2. The lowest BCUT2D eigenvalue weighted by Crippen LogP contribution is -2.48. The number of thioether (sulfide) groups is 1. The maximum atomic E-state index is 11.9. The smallest absolute Gasteiger partial charge is 0.267 e. The summed E-state index contributed by atoms with van der Waals surface area (Å²) >= 11 is 1.70. The van der Waals surface area contributed by atoms with E-state index < -0.39 is 21.4 Å². The van der Waals surface area contributed by atoms with E-state index in [4.69, 9.17) is 9.29 Å². The molecule has 0 aliphatic heterocycles. The lowest BCUT2D eigenvalue weighted by molar-refractivity contribution is -0.122. The van der Waals surface area contributed by atoms with Crippen LogP contribution in [0.15, 0.2) is 0 Å². The molecule has 1 amide bonds. The zero-order valence-electron chi connectivity index (χ0n) is 17.0. The number of amides is 1. The molecule has 0 aromatic heterocycles. The highest BCUT2D eigenvalue weighted by Crippen LogP contribution is 2.14. The average molecular weight is 426 g/mol. The summed E-state index contributed by atoms with van der Waals surface area (Å²) in [4.78, 5) is 22.9. The lowest BCUT2D eigenvalue weighted by Gasteiger charge is -2.24. The van der Waals surface area contributed by atoms with Crippen LogP contribution >= 0.6 is 11.8 Å². The predicted molar refractivity (Wildman–Crippen MR) is 110 cm³/mol. The number of carbonyl (C=O) groups is 2. The van der Waals surface area contributed by atoms with E-state index >= 15 is 0 Å². The topological polar surface area (TPSA) is 110 Å². The normalized spacial score (nSPS) is 13.4. The van der Waals surface area contributed by atoms with Crippen molar-refractivity contribution in [1.82, 2.24) is 5.32 Å². The van der Waals surface area contributed by atoms with Gasteiger partial charge in [0.1, 0.15) is 5.78 Å². The van der Waals surface area contributed by atoms with Gasteiger partial charge in [0.2, 0.25) is 5.91 Å². The molecule has 27 heavy (non-hydrogen) atoms. The molecule has 0 spiro atoms. The van der Waals surface area contributed by atoms with Crippen LogP contribution in [-0.4, -0.2) is 60.7 Å². The minimum Gasteiger partial charge on any atom is -0.381 e. The summed E-state index contributed by atoms with van der Waals surface area (Å²) in [5.41, 5.74) is -0.988. The molecule has 1 unspecified atom stereocenters. The standard InChI is InChI=1S/C18H35NO6S2/c1-15(20)13-16(25-4)9-7-5-6-8-11-26-12-10-17(21)19-18(2,3)14-27(22,23)24/h16H,5-14H2,1-4H3,(H,19,21)(H,22,23,24). The Labute approximate surface area is 168 Å². The van der Waals surface area contributed by atoms with E-state index in [1.165, 1.54) is 0 Å². The molecule has 0 aromatic carbocycles. The summed E-state index contributed by atoms with van der Waals surface area (Å²) in [6.07, 6.45) is 6.06. The summed E-state index contributed by atoms with van der Waals surface area (Å²) in [7, 11) is -2.48. The van der Waals surface area contributed by atoms with Gasteiger partial charge in [-0.1, -0.05) is 19.3 Å². The Morgan fingerprint density at radius 2 is 1.78 bits per heavy atom. The first-order valence-corrected chi connectivity index (χ1v) is 12.1. The molecule has 0 fully saturated rings. The third kappa shape index (κ3) is 17.2. The summed E-state index contributed by atoms with van der Waals surface area (Å²) in [6, 6.07) is 0. The maximum absolute atomic E-state index is 11.9. The number of ether oxygens (including phenoxy) is 1. The van der Waals surface area contributed by atoms with Crippen LogP contribution in [0.3, 0.4) is 0 Å². The number of Topliss-reactive ketones (excluding diaryl/α,β-unsaturated/α-hetero) is 1. The van der Waals surface area contributed by atoms with Crippen molar-refractivity contribution in [2.75, 3.05) is 24.4 Å². The van der Waals surface area contributed by atoms with Crippen molar-refractivity contribution in [3.05, 3.63) is 0 Å². The van der Waals surface area contributed by atoms with Crippen LogP contribution in [0.2, 0.25) is 0 Å².